The molecule has 1 aromatic rings. The van der Waals surface area contributed by atoms with Gasteiger partial charge >= 0.3 is 5.97 Å². The smallest absolute Gasteiger partial charge is 0.305 e. The van der Waals surface area contributed by atoms with E-state index < -0.39 is 5.60 Å². The number of aryl methyl sites for hydroxylation is 2. The lowest BCUT2D eigenvalue weighted by atomic mass is 9.98. The summed E-state index contributed by atoms with van der Waals surface area (Å²) < 4.78 is 4.60. The van der Waals surface area contributed by atoms with Gasteiger partial charge in [0.2, 0.25) is 0 Å². The van der Waals surface area contributed by atoms with E-state index in [1.54, 1.807) is 0 Å². The second-order valence-corrected chi connectivity index (χ2v) is 5.21. The van der Waals surface area contributed by atoms with Crippen LogP contribution in [0.15, 0.2) is 24.3 Å². The molecule has 0 heterocycles. The summed E-state index contributed by atoms with van der Waals surface area (Å²) in [4.78, 5) is 11.0. The second-order valence-electron chi connectivity index (χ2n) is 5.21. The Kier molecular flexibility index (Phi) is 5.35. The molecule has 0 atom stereocenters. The van der Waals surface area contributed by atoms with Crippen LogP contribution in [-0.4, -0.2) is 23.8 Å². The van der Waals surface area contributed by atoms with Crippen molar-refractivity contribution in [3.05, 3.63) is 35.4 Å². The van der Waals surface area contributed by atoms with Crippen LogP contribution in [0.1, 0.15) is 37.8 Å². The Labute approximate surface area is 109 Å². The van der Waals surface area contributed by atoms with E-state index in [0.29, 0.717) is 12.8 Å². The Morgan fingerprint density at radius 2 is 1.67 bits per heavy atom. The first-order valence-electron chi connectivity index (χ1n) is 6.28. The fourth-order valence-electron chi connectivity index (χ4n) is 1.67. The zero-order valence-electron chi connectivity index (χ0n) is 11.4. The van der Waals surface area contributed by atoms with Gasteiger partial charge in [0.15, 0.2) is 0 Å². The fourth-order valence-corrected chi connectivity index (χ4v) is 1.67. The zero-order chi connectivity index (χ0) is 13.6. The Balaban J connectivity index is 2.45. The van der Waals surface area contributed by atoms with Gasteiger partial charge in [0, 0.05) is 6.42 Å². The van der Waals surface area contributed by atoms with E-state index in [2.05, 4.69) is 16.9 Å². The molecular weight excluding hydrogens is 228 g/mol. The van der Waals surface area contributed by atoms with E-state index in [1.807, 2.05) is 26.0 Å². The van der Waals surface area contributed by atoms with Crippen LogP contribution in [0.2, 0.25) is 0 Å². The second kappa shape index (κ2) is 6.55. The monoisotopic (exact) mass is 250 g/mol. The number of ether oxygens (including phenoxy) is 1. The van der Waals surface area contributed by atoms with E-state index in [-0.39, 0.29) is 5.97 Å². The summed E-state index contributed by atoms with van der Waals surface area (Å²) in [5.41, 5.74) is 1.72. The third kappa shape index (κ3) is 5.82. The summed E-state index contributed by atoms with van der Waals surface area (Å²) in [6, 6.07) is 8.17. The van der Waals surface area contributed by atoms with E-state index in [0.717, 1.165) is 18.4 Å². The highest BCUT2D eigenvalue weighted by Crippen LogP contribution is 2.14. The van der Waals surface area contributed by atoms with Crippen molar-refractivity contribution in [3.8, 4) is 0 Å². The van der Waals surface area contributed by atoms with Gasteiger partial charge in [0.25, 0.3) is 0 Å². The summed E-state index contributed by atoms with van der Waals surface area (Å²) in [5, 5.41) is 9.65. The van der Waals surface area contributed by atoms with Crippen LogP contribution in [0.4, 0.5) is 0 Å². The Morgan fingerprint density at radius 1 is 1.17 bits per heavy atom. The van der Waals surface area contributed by atoms with Gasteiger partial charge in [-0.3, -0.25) is 4.79 Å². The summed E-state index contributed by atoms with van der Waals surface area (Å²) in [5.74, 6) is -0.180. The molecule has 1 N–H and O–H groups in total. The molecule has 0 aliphatic heterocycles. The van der Waals surface area contributed by atoms with Crippen LogP contribution >= 0.6 is 0 Å². The summed E-state index contributed by atoms with van der Waals surface area (Å²) >= 11 is 0. The molecule has 3 nitrogen and oxygen atoms in total. The van der Waals surface area contributed by atoms with Crippen molar-refractivity contribution in [2.24, 2.45) is 0 Å². The molecule has 0 saturated heterocycles. The highest BCUT2D eigenvalue weighted by Gasteiger charge is 2.11. The van der Waals surface area contributed by atoms with Crippen LogP contribution in [0.25, 0.3) is 0 Å². The first-order valence-corrected chi connectivity index (χ1v) is 6.28. The molecule has 1 aromatic carbocycles. The molecule has 1 rings (SSSR count). The molecule has 0 saturated carbocycles. The molecule has 0 aromatic heterocycles. The maximum atomic E-state index is 11.0. The van der Waals surface area contributed by atoms with Crippen LogP contribution in [-0.2, 0) is 22.4 Å². The van der Waals surface area contributed by atoms with E-state index in [9.17, 15) is 9.90 Å². The number of hydrogen-bond donors (Lipinski definition) is 1. The van der Waals surface area contributed by atoms with Crippen molar-refractivity contribution in [1.82, 2.24) is 0 Å². The summed E-state index contributed by atoms with van der Waals surface area (Å²) in [7, 11) is 1.40. The zero-order valence-corrected chi connectivity index (χ0v) is 11.4. The average Bonchev–Trinajstić information content (AvgIpc) is 2.33. The minimum Gasteiger partial charge on any atom is -0.469 e. The van der Waals surface area contributed by atoms with Gasteiger partial charge in [-0.05, 0) is 44.2 Å². The maximum absolute atomic E-state index is 11.0. The van der Waals surface area contributed by atoms with Gasteiger partial charge < -0.3 is 9.84 Å². The third-order valence-corrected chi connectivity index (χ3v) is 2.89. The lowest BCUT2D eigenvalue weighted by Gasteiger charge is -2.16. The number of carbonyl (C=O) groups excluding carboxylic acids is 1. The van der Waals surface area contributed by atoms with Crippen molar-refractivity contribution in [3.63, 3.8) is 0 Å². The molecule has 0 spiro atoms. The SMILES string of the molecule is COC(=O)CCc1ccc(CCC(C)(C)O)cc1. The first-order chi connectivity index (χ1) is 8.40. The lowest BCUT2D eigenvalue weighted by Crippen LogP contribution is -2.19. The van der Waals surface area contributed by atoms with Crippen LogP contribution in [0, 0.1) is 0 Å². The van der Waals surface area contributed by atoms with Gasteiger partial charge in [0.1, 0.15) is 0 Å². The Hall–Kier alpha value is -1.35. The van der Waals surface area contributed by atoms with Crippen molar-refractivity contribution >= 4 is 5.97 Å². The summed E-state index contributed by atoms with van der Waals surface area (Å²) in [6.45, 7) is 3.63. The minimum atomic E-state index is -0.621. The number of methoxy groups -OCH3 is 1. The average molecular weight is 250 g/mol. The number of benzene rings is 1. The van der Waals surface area contributed by atoms with E-state index in [4.69, 9.17) is 0 Å². The predicted molar refractivity (Wildman–Crippen MR) is 71.4 cm³/mol. The van der Waals surface area contributed by atoms with Gasteiger partial charge in [0.05, 0.1) is 12.7 Å². The van der Waals surface area contributed by atoms with Gasteiger partial charge in [-0.15, -0.1) is 0 Å². The van der Waals surface area contributed by atoms with Crippen LogP contribution in [0.3, 0.4) is 0 Å². The third-order valence-electron chi connectivity index (χ3n) is 2.89. The molecule has 18 heavy (non-hydrogen) atoms. The van der Waals surface area contributed by atoms with Crippen molar-refractivity contribution < 1.29 is 14.6 Å². The highest BCUT2D eigenvalue weighted by atomic mass is 16.5. The van der Waals surface area contributed by atoms with Crippen molar-refractivity contribution in [2.75, 3.05) is 7.11 Å². The molecule has 0 bridgehead atoms. The number of esters is 1. The van der Waals surface area contributed by atoms with Crippen molar-refractivity contribution in [1.29, 1.82) is 0 Å². The Morgan fingerprint density at radius 3 is 2.11 bits per heavy atom. The standard InChI is InChI=1S/C15H22O3/c1-15(2,17)11-10-13-6-4-12(5-7-13)8-9-14(16)18-3/h4-7,17H,8-11H2,1-3H3. The molecule has 0 aliphatic rings. The highest BCUT2D eigenvalue weighted by molar-refractivity contribution is 5.69. The molecule has 0 radical (unpaired) electrons. The number of hydrogen-bond acceptors (Lipinski definition) is 3. The molecular formula is C15H22O3. The number of aliphatic hydroxyl groups is 1. The van der Waals surface area contributed by atoms with Gasteiger partial charge in [-0.1, -0.05) is 24.3 Å². The van der Waals surface area contributed by atoms with Crippen LogP contribution < -0.4 is 0 Å². The lowest BCUT2D eigenvalue weighted by molar-refractivity contribution is -0.140. The molecule has 100 valence electrons. The van der Waals surface area contributed by atoms with Crippen molar-refractivity contribution in [2.45, 2.75) is 45.1 Å². The van der Waals surface area contributed by atoms with Crippen LogP contribution in [0.5, 0.6) is 0 Å². The maximum Gasteiger partial charge on any atom is 0.305 e. The molecule has 0 aliphatic carbocycles. The molecule has 0 fully saturated rings. The van der Waals surface area contributed by atoms with Gasteiger partial charge in [-0.25, -0.2) is 0 Å². The quantitative estimate of drug-likeness (QED) is 0.789. The number of carbonyl (C=O) groups is 1. The van der Waals surface area contributed by atoms with E-state index >= 15 is 0 Å². The normalized spacial score (nSPS) is 11.3. The largest absolute Gasteiger partial charge is 0.469 e. The molecule has 0 amide bonds. The summed E-state index contributed by atoms with van der Waals surface area (Å²) in [6.07, 6.45) is 2.73. The molecule has 3 heteroatoms. The van der Waals surface area contributed by atoms with Gasteiger partial charge in [-0.2, -0.15) is 0 Å². The minimum absolute atomic E-state index is 0.180. The Bertz CT molecular complexity index is 374. The predicted octanol–water partition coefficient (Wildman–Crippen LogP) is 2.50. The topological polar surface area (TPSA) is 46.5 Å². The molecule has 0 unspecified atom stereocenters. The first kappa shape index (κ1) is 14.7. The fraction of sp³-hybridized carbons (Fsp3) is 0.533. The van der Waals surface area contributed by atoms with E-state index in [1.165, 1.54) is 12.7 Å². The number of rotatable bonds is 6.